The molecule has 4 N–H and O–H groups in total. The maximum Gasteiger partial charge on any atom is 0.401 e. The monoisotopic (exact) mass is 289 g/mol. The maximum absolute atomic E-state index is 12.2. The fourth-order valence-electron chi connectivity index (χ4n) is 2.02. The van der Waals surface area contributed by atoms with Crippen LogP contribution in [0.25, 0.3) is 0 Å². The predicted octanol–water partition coefficient (Wildman–Crippen LogP) is 0.343. The number of aromatic nitrogens is 1. The zero-order valence-corrected chi connectivity index (χ0v) is 10.4. The molecule has 9 heteroatoms. The van der Waals surface area contributed by atoms with Gasteiger partial charge in [-0.25, -0.2) is 10.8 Å². The van der Waals surface area contributed by atoms with Crippen LogP contribution in [0, 0.1) is 0 Å². The second kappa shape index (κ2) is 5.63. The van der Waals surface area contributed by atoms with Gasteiger partial charge in [0, 0.05) is 19.3 Å². The van der Waals surface area contributed by atoms with Crippen molar-refractivity contribution in [1.82, 2.24) is 15.3 Å². The average Bonchev–Trinajstić information content (AvgIpc) is 2.34. The molecular weight excluding hydrogens is 275 g/mol. The van der Waals surface area contributed by atoms with Crippen LogP contribution < -0.4 is 16.6 Å². The van der Waals surface area contributed by atoms with E-state index in [-0.39, 0.29) is 24.7 Å². The van der Waals surface area contributed by atoms with Crippen molar-refractivity contribution in [3.05, 3.63) is 23.9 Å². The lowest BCUT2D eigenvalue weighted by atomic mass is 10.1. The fourth-order valence-corrected chi connectivity index (χ4v) is 2.02. The van der Waals surface area contributed by atoms with Gasteiger partial charge in [0.05, 0.1) is 18.2 Å². The normalized spacial score (nSPS) is 16.6. The minimum atomic E-state index is -4.19. The van der Waals surface area contributed by atoms with Crippen molar-refractivity contribution in [3.8, 4) is 0 Å². The molecule has 2 heterocycles. The van der Waals surface area contributed by atoms with Crippen LogP contribution in [0.4, 0.5) is 19.0 Å². The van der Waals surface area contributed by atoms with Crippen molar-refractivity contribution in [2.75, 3.05) is 25.0 Å². The molecule has 0 spiro atoms. The van der Waals surface area contributed by atoms with E-state index in [2.05, 4.69) is 10.3 Å². The van der Waals surface area contributed by atoms with Gasteiger partial charge in [0.2, 0.25) is 0 Å². The molecule has 6 nitrogen and oxygen atoms in total. The molecule has 1 aromatic rings. The second-order valence-corrected chi connectivity index (χ2v) is 4.52. The molecule has 0 saturated carbocycles. The predicted molar refractivity (Wildman–Crippen MR) is 65.8 cm³/mol. The highest BCUT2D eigenvalue weighted by molar-refractivity contribution is 5.98. The highest BCUT2D eigenvalue weighted by atomic mass is 19.4. The third kappa shape index (κ3) is 3.58. The van der Waals surface area contributed by atoms with Crippen molar-refractivity contribution in [2.45, 2.75) is 12.2 Å². The number of halogens is 3. The molecule has 0 unspecified atom stereocenters. The summed E-state index contributed by atoms with van der Waals surface area (Å²) >= 11 is 0. The number of alkyl halides is 3. The van der Waals surface area contributed by atoms with Crippen LogP contribution in [0.2, 0.25) is 0 Å². The number of carbonyl (C=O) groups is 1. The van der Waals surface area contributed by atoms with Gasteiger partial charge < -0.3 is 5.32 Å². The first-order chi connectivity index (χ1) is 9.39. The van der Waals surface area contributed by atoms with Crippen molar-refractivity contribution in [1.29, 1.82) is 0 Å². The molecule has 0 aromatic carbocycles. The number of anilines is 1. The van der Waals surface area contributed by atoms with Crippen LogP contribution in [0.3, 0.4) is 0 Å². The van der Waals surface area contributed by atoms with Gasteiger partial charge in [-0.2, -0.15) is 13.2 Å². The van der Waals surface area contributed by atoms with E-state index in [4.69, 9.17) is 5.84 Å². The third-order valence-corrected chi connectivity index (χ3v) is 2.88. The van der Waals surface area contributed by atoms with Gasteiger partial charge in [0.25, 0.3) is 5.91 Å². The summed E-state index contributed by atoms with van der Waals surface area (Å²) in [6, 6.07) is 2.94. The number of amides is 1. The van der Waals surface area contributed by atoms with Gasteiger partial charge in [-0.3, -0.25) is 15.1 Å². The third-order valence-electron chi connectivity index (χ3n) is 2.88. The van der Waals surface area contributed by atoms with Crippen molar-refractivity contribution in [3.63, 3.8) is 0 Å². The zero-order valence-electron chi connectivity index (χ0n) is 10.4. The Morgan fingerprint density at radius 3 is 2.80 bits per heavy atom. The number of nitrogens with two attached hydrogens (primary N) is 1. The summed E-state index contributed by atoms with van der Waals surface area (Å²) in [5, 5.41) is 2.94. The van der Waals surface area contributed by atoms with Crippen LogP contribution in [0.5, 0.6) is 0 Å². The quantitative estimate of drug-likeness (QED) is 0.423. The van der Waals surface area contributed by atoms with Crippen molar-refractivity contribution < 1.29 is 18.0 Å². The van der Waals surface area contributed by atoms with E-state index in [9.17, 15) is 18.0 Å². The Balaban J connectivity index is 1.92. The highest BCUT2D eigenvalue weighted by Crippen LogP contribution is 2.22. The van der Waals surface area contributed by atoms with E-state index in [0.29, 0.717) is 5.82 Å². The molecule has 2 rings (SSSR count). The van der Waals surface area contributed by atoms with E-state index < -0.39 is 18.6 Å². The zero-order chi connectivity index (χ0) is 14.8. The fraction of sp³-hybridized carbons (Fsp3) is 0.455. The highest BCUT2D eigenvalue weighted by Gasteiger charge is 2.37. The number of hydrogen-bond acceptors (Lipinski definition) is 5. The van der Waals surface area contributed by atoms with Crippen LogP contribution in [0.1, 0.15) is 10.4 Å². The van der Waals surface area contributed by atoms with Crippen LogP contribution in [-0.4, -0.2) is 47.6 Å². The molecule has 0 bridgehead atoms. The number of nitrogen functional groups attached to an aromatic ring is 1. The van der Waals surface area contributed by atoms with Gasteiger partial charge in [0.15, 0.2) is 0 Å². The summed E-state index contributed by atoms with van der Waals surface area (Å²) < 4.78 is 36.5. The molecule has 1 amide bonds. The van der Waals surface area contributed by atoms with Gasteiger partial charge in [-0.1, -0.05) is 0 Å². The molecule has 110 valence electrons. The van der Waals surface area contributed by atoms with Gasteiger partial charge in [-0.05, 0) is 12.1 Å². The van der Waals surface area contributed by atoms with E-state index in [1.165, 1.54) is 17.2 Å². The molecule has 1 aliphatic rings. The van der Waals surface area contributed by atoms with Crippen molar-refractivity contribution in [2.24, 2.45) is 5.84 Å². The molecule has 1 aromatic heterocycles. The Hall–Kier alpha value is -1.87. The first-order valence-electron chi connectivity index (χ1n) is 5.90. The van der Waals surface area contributed by atoms with E-state index >= 15 is 0 Å². The van der Waals surface area contributed by atoms with Crippen molar-refractivity contribution >= 4 is 11.7 Å². The van der Waals surface area contributed by atoms with Gasteiger partial charge in [-0.15, -0.1) is 0 Å². The average molecular weight is 289 g/mol. The largest absolute Gasteiger partial charge is 0.401 e. The summed E-state index contributed by atoms with van der Waals surface area (Å²) in [5.74, 6) is 4.86. The van der Waals surface area contributed by atoms with Crippen LogP contribution in [0.15, 0.2) is 18.3 Å². The molecule has 1 fully saturated rings. The Bertz CT molecular complexity index is 487. The summed E-state index contributed by atoms with van der Waals surface area (Å²) in [6.45, 7) is -0.428. The molecule has 0 radical (unpaired) electrons. The van der Waals surface area contributed by atoms with Gasteiger partial charge >= 0.3 is 6.18 Å². The van der Waals surface area contributed by atoms with E-state index in [1.54, 1.807) is 6.07 Å². The lowest BCUT2D eigenvalue weighted by molar-refractivity contribution is -0.153. The minimum Gasteiger partial charge on any atom is -0.364 e. The number of nitrogens with zero attached hydrogens (tertiary/aromatic N) is 2. The first-order valence-corrected chi connectivity index (χ1v) is 5.90. The number of carbonyl (C=O) groups excluding carboxylic acids is 1. The number of likely N-dealkylation sites (tertiary alicyclic amines) is 1. The summed E-state index contributed by atoms with van der Waals surface area (Å²) in [6.07, 6.45) is -2.71. The van der Waals surface area contributed by atoms with E-state index in [0.717, 1.165) is 0 Å². The Morgan fingerprint density at radius 2 is 2.20 bits per heavy atom. The second-order valence-electron chi connectivity index (χ2n) is 4.52. The Morgan fingerprint density at radius 1 is 1.50 bits per heavy atom. The lowest BCUT2D eigenvalue weighted by Gasteiger charge is -2.40. The molecule has 1 aliphatic heterocycles. The SMILES string of the molecule is NNC(=O)c1cccnc1NC1CN(CC(F)(F)F)C1. The minimum absolute atomic E-state index is 0.170. The standard InChI is InChI=1S/C11H14F3N5O/c12-11(13,14)6-19-4-7(5-19)17-9-8(10(20)18-15)2-1-3-16-9/h1-3,7H,4-6,15H2,(H,16,17)(H,18,20). The van der Waals surface area contributed by atoms with Crippen LogP contribution in [-0.2, 0) is 0 Å². The number of hydrogen-bond donors (Lipinski definition) is 3. The molecule has 1 saturated heterocycles. The summed E-state index contributed by atoms with van der Waals surface area (Å²) in [5.41, 5.74) is 2.25. The maximum atomic E-state index is 12.2. The number of rotatable bonds is 4. The first kappa shape index (κ1) is 14.5. The van der Waals surface area contributed by atoms with Gasteiger partial charge in [0.1, 0.15) is 5.82 Å². The molecular formula is C11H14F3N5O. The molecule has 0 aliphatic carbocycles. The summed E-state index contributed by atoms with van der Waals surface area (Å²) in [4.78, 5) is 16.8. The summed E-state index contributed by atoms with van der Waals surface area (Å²) in [7, 11) is 0. The molecule has 20 heavy (non-hydrogen) atoms. The van der Waals surface area contributed by atoms with E-state index in [1.807, 2.05) is 5.43 Å². The Kier molecular flexibility index (Phi) is 4.09. The Labute approximate surface area is 113 Å². The number of nitrogens with one attached hydrogen (secondary N) is 2. The number of pyridine rings is 1. The van der Waals surface area contributed by atoms with Crippen LogP contribution >= 0.6 is 0 Å². The molecule has 0 atom stereocenters. The number of hydrazine groups is 1. The lowest BCUT2D eigenvalue weighted by Crippen LogP contribution is -2.57. The smallest absolute Gasteiger partial charge is 0.364 e. The topological polar surface area (TPSA) is 83.3 Å².